The van der Waals surface area contributed by atoms with Crippen molar-refractivity contribution in [3.63, 3.8) is 0 Å². The lowest BCUT2D eigenvalue weighted by atomic mass is 10.1. The third-order valence-corrected chi connectivity index (χ3v) is 2.42. The van der Waals surface area contributed by atoms with Gasteiger partial charge in [-0.05, 0) is 23.8 Å². The Bertz CT molecular complexity index is 643. The number of hydrogen-bond donors (Lipinski definition) is 1. The number of benzene rings is 1. The van der Waals surface area contributed by atoms with Crippen LogP contribution >= 0.6 is 0 Å². The van der Waals surface area contributed by atoms with Gasteiger partial charge in [0.25, 0.3) is 0 Å². The van der Waals surface area contributed by atoms with Gasteiger partial charge in [-0.15, -0.1) is 0 Å². The third kappa shape index (κ3) is 2.20. The van der Waals surface area contributed by atoms with Crippen molar-refractivity contribution in [2.45, 2.75) is 6.54 Å². The first kappa shape index (κ1) is 11.8. The molecule has 2 aromatic rings. The molecule has 0 aliphatic carbocycles. The van der Waals surface area contributed by atoms with E-state index in [1.807, 2.05) is 0 Å². The van der Waals surface area contributed by atoms with Crippen molar-refractivity contribution >= 4 is 5.97 Å². The third-order valence-electron chi connectivity index (χ3n) is 2.42. The fourth-order valence-electron chi connectivity index (χ4n) is 1.57. The van der Waals surface area contributed by atoms with Gasteiger partial charge >= 0.3 is 5.97 Å². The summed E-state index contributed by atoms with van der Waals surface area (Å²) in [7, 11) is 0. The molecule has 1 aromatic carbocycles. The monoisotopic (exact) mass is 245 g/mol. The normalized spacial score (nSPS) is 10.0. The van der Waals surface area contributed by atoms with Crippen molar-refractivity contribution in [2.24, 2.45) is 0 Å². The van der Waals surface area contributed by atoms with E-state index in [1.165, 1.54) is 35.1 Å². The molecule has 0 fully saturated rings. The highest BCUT2D eigenvalue weighted by atomic mass is 19.1. The molecule has 1 heterocycles. The average molecular weight is 245 g/mol. The van der Waals surface area contributed by atoms with Gasteiger partial charge in [0.15, 0.2) is 0 Å². The topological polar surface area (TPSA) is 78.9 Å². The molecule has 0 spiro atoms. The van der Waals surface area contributed by atoms with Crippen LogP contribution in [0.25, 0.3) is 0 Å². The van der Waals surface area contributed by atoms with Crippen LogP contribution in [0.15, 0.2) is 30.5 Å². The SMILES string of the molecule is N#Cc1cc(Cn2nccc2C(=O)O)ccc1F. The largest absolute Gasteiger partial charge is 0.477 e. The van der Waals surface area contributed by atoms with E-state index in [0.717, 1.165) is 0 Å². The van der Waals surface area contributed by atoms with Gasteiger partial charge in [0.1, 0.15) is 17.6 Å². The van der Waals surface area contributed by atoms with Crippen molar-refractivity contribution < 1.29 is 14.3 Å². The van der Waals surface area contributed by atoms with Crippen LogP contribution in [0.3, 0.4) is 0 Å². The number of nitrogens with zero attached hydrogens (tertiary/aromatic N) is 3. The summed E-state index contributed by atoms with van der Waals surface area (Å²) in [4.78, 5) is 10.9. The summed E-state index contributed by atoms with van der Waals surface area (Å²) < 4.78 is 14.4. The first-order valence-corrected chi connectivity index (χ1v) is 5.05. The number of carbonyl (C=O) groups is 1. The first-order valence-electron chi connectivity index (χ1n) is 5.05. The molecule has 0 aliphatic rings. The maximum atomic E-state index is 13.1. The van der Waals surface area contributed by atoms with Gasteiger partial charge in [0, 0.05) is 6.20 Å². The van der Waals surface area contributed by atoms with Crippen LogP contribution in [0.4, 0.5) is 4.39 Å². The van der Waals surface area contributed by atoms with Gasteiger partial charge in [-0.1, -0.05) is 6.07 Å². The lowest BCUT2D eigenvalue weighted by molar-refractivity contribution is 0.0684. The van der Waals surface area contributed by atoms with E-state index < -0.39 is 11.8 Å². The minimum atomic E-state index is -1.09. The molecule has 5 nitrogen and oxygen atoms in total. The molecule has 1 N–H and O–H groups in total. The Kier molecular flexibility index (Phi) is 3.06. The lowest BCUT2D eigenvalue weighted by Crippen LogP contribution is -2.11. The summed E-state index contributed by atoms with van der Waals surface area (Å²) in [5, 5.41) is 21.5. The molecule has 0 radical (unpaired) electrons. The summed E-state index contributed by atoms with van der Waals surface area (Å²) in [6.45, 7) is 0.170. The molecule has 18 heavy (non-hydrogen) atoms. The number of aromatic nitrogens is 2. The van der Waals surface area contributed by atoms with E-state index in [-0.39, 0.29) is 17.8 Å². The zero-order valence-corrected chi connectivity index (χ0v) is 9.17. The van der Waals surface area contributed by atoms with Gasteiger partial charge < -0.3 is 5.11 Å². The average Bonchev–Trinajstić information content (AvgIpc) is 2.80. The predicted octanol–water partition coefficient (Wildman–Crippen LogP) is 1.64. The van der Waals surface area contributed by atoms with Crippen molar-refractivity contribution in [2.75, 3.05) is 0 Å². The molecule has 90 valence electrons. The van der Waals surface area contributed by atoms with E-state index in [2.05, 4.69) is 5.10 Å². The summed E-state index contributed by atoms with van der Waals surface area (Å²) in [5.41, 5.74) is 0.577. The highest BCUT2D eigenvalue weighted by molar-refractivity contribution is 5.85. The van der Waals surface area contributed by atoms with Crippen LogP contribution in [0.2, 0.25) is 0 Å². The molecule has 0 saturated heterocycles. The fraction of sp³-hybridized carbons (Fsp3) is 0.0833. The predicted molar refractivity (Wildman–Crippen MR) is 59.4 cm³/mol. The second kappa shape index (κ2) is 4.67. The van der Waals surface area contributed by atoms with E-state index >= 15 is 0 Å². The Hall–Kier alpha value is -2.68. The number of rotatable bonds is 3. The molecule has 1 aromatic heterocycles. The fourth-order valence-corrected chi connectivity index (χ4v) is 1.57. The van der Waals surface area contributed by atoms with E-state index in [0.29, 0.717) is 5.56 Å². The molecule has 0 aliphatic heterocycles. The van der Waals surface area contributed by atoms with Crippen LogP contribution in [0.1, 0.15) is 21.6 Å². The smallest absolute Gasteiger partial charge is 0.354 e. The zero-order valence-electron chi connectivity index (χ0n) is 9.17. The minimum Gasteiger partial charge on any atom is -0.477 e. The summed E-state index contributed by atoms with van der Waals surface area (Å²) in [6, 6.07) is 7.15. The second-order valence-corrected chi connectivity index (χ2v) is 3.61. The summed E-state index contributed by atoms with van der Waals surface area (Å²) in [5.74, 6) is -1.68. The maximum absolute atomic E-state index is 13.1. The van der Waals surface area contributed by atoms with E-state index in [1.54, 1.807) is 6.07 Å². The number of halogens is 1. The zero-order chi connectivity index (χ0) is 13.1. The number of carboxylic acids is 1. The van der Waals surface area contributed by atoms with Crippen molar-refractivity contribution in [1.82, 2.24) is 9.78 Å². The summed E-state index contributed by atoms with van der Waals surface area (Å²) in [6.07, 6.45) is 1.37. The Balaban J connectivity index is 2.32. The molecule has 0 atom stereocenters. The molecule has 2 rings (SSSR count). The van der Waals surface area contributed by atoms with Gasteiger partial charge in [0.2, 0.25) is 0 Å². The molecule has 0 bridgehead atoms. The van der Waals surface area contributed by atoms with E-state index in [4.69, 9.17) is 10.4 Å². The molecule has 0 saturated carbocycles. The Morgan fingerprint density at radius 3 is 2.94 bits per heavy atom. The van der Waals surface area contributed by atoms with Gasteiger partial charge in [0.05, 0.1) is 12.1 Å². The van der Waals surface area contributed by atoms with Gasteiger partial charge in [-0.25, -0.2) is 9.18 Å². The van der Waals surface area contributed by atoms with Crippen molar-refractivity contribution in [1.29, 1.82) is 5.26 Å². The van der Waals surface area contributed by atoms with Crippen LogP contribution in [0, 0.1) is 17.1 Å². The molecular weight excluding hydrogens is 237 g/mol. The minimum absolute atomic E-state index is 0.0397. The Morgan fingerprint density at radius 2 is 2.28 bits per heavy atom. The van der Waals surface area contributed by atoms with Gasteiger partial charge in [-0.2, -0.15) is 10.4 Å². The molecule has 0 unspecified atom stereocenters. The Morgan fingerprint density at radius 1 is 1.50 bits per heavy atom. The number of hydrogen-bond acceptors (Lipinski definition) is 3. The standard InChI is InChI=1S/C12H8FN3O2/c13-10-2-1-8(5-9(10)6-14)7-16-11(12(17)18)3-4-15-16/h1-5H,7H2,(H,17,18). The molecule has 0 amide bonds. The van der Waals surface area contributed by atoms with Crippen molar-refractivity contribution in [3.05, 3.63) is 53.1 Å². The maximum Gasteiger partial charge on any atom is 0.354 e. The highest BCUT2D eigenvalue weighted by Crippen LogP contribution is 2.11. The quantitative estimate of drug-likeness (QED) is 0.891. The molecule has 6 heteroatoms. The first-order chi connectivity index (χ1) is 8.61. The van der Waals surface area contributed by atoms with Crippen LogP contribution in [-0.4, -0.2) is 20.9 Å². The van der Waals surface area contributed by atoms with Crippen molar-refractivity contribution in [3.8, 4) is 6.07 Å². The Labute approximate surface area is 102 Å². The molecular formula is C12H8FN3O2. The lowest BCUT2D eigenvalue weighted by Gasteiger charge is -2.05. The highest BCUT2D eigenvalue weighted by Gasteiger charge is 2.11. The van der Waals surface area contributed by atoms with Crippen LogP contribution in [-0.2, 0) is 6.54 Å². The van der Waals surface area contributed by atoms with E-state index in [9.17, 15) is 9.18 Å². The summed E-state index contributed by atoms with van der Waals surface area (Å²) >= 11 is 0. The number of aromatic carboxylic acids is 1. The second-order valence-electron chi connectivity index (χ2n) is 3.61. The van der Waals surface area contributed by atoms with Gasteiger partial charge in [-0.3, -0.25) is 4.68 Å². The number of carboxylic acid groups (broad SMARTS) is 1. The van der Waals surface area contributed by atoms with Crippen LogP contribution in [0.5, 0.6) is 0 Å². The van der Waals surface area contributed by atoms with Crippen LogP contribution < -0.4 is 0 Å². The number of nitriles is 1.